The fraction of sp³-hybridized carbons (Fsp3) is 0.636. The van der Waals surface area contributed by atoms with E-state index in [1.807, 2.05) is 6.92 Å². The van der Waals surface area contributed by atoms with Crippen LogP contribution >= 0.6 is 11.8 Å². The highest BCUT2D eigenvalue weighted by molar-refractivity contribution is 8.00. The summed E-state index contributed by atoms with van der Waals surface area (Å²) in [6, 6.07) is -0.692. The second kappa shape index (κ2) is 6.66. The Morgan fingerprint density at radius 2 is 2.35 bits per heavy atom. The third kappa shape index (κ3) is 3.47. The van der Waals surface area contributed by atoms with Crippen LogP contribution in [-0.4, -0.2) is 52.1 Å². The maximum atomic E-state index is 12.0. The Bertz CT molecular complexity index is 309. The summed E-state index contributed by atoms with van der Waals surface area (Å²) in [6.07, 6.45) is 2.43. The van der Waals surface area contributed by atoms with Gasteiger partial charge in [0, 0.05) is 12.3 Å². The fourth-order valence-corrected chi connectivity index (χ4v) is 3.14. The highest BCUT2D eigenvalue weighted by atomic mass is 32.2. The molecule has 0 aromatic carbocycles. The quantitative estimate of drug-likeness (QED) is 0.537. The zero-order chi connectivity index (χ0) is 12.8. The fourth-order valence-electron chi connectivity index (χ4n) is 1.78. The van der Waals surface area contributed by atoms with E-state index in [0.29, 0.717) is 12.3 Å². The molecule has 96 valence electrons. The summed E-state index contributed by atoms with van der Waals surface area (Å²) in [5.41, 5.74) is 0. The summed E-state index contributed by atoms with van der Waals surface area (Å²) in [4.78, 5) is 24.5. The van der Waals surface area contributed by atoms with Gasteiger partial charge >= 0.3 is 5.97 Å². The number of thioether (sulfide) groups is 1. The van der Waals surface area contributed by atoms with Crippen molar-refractivity contribution in [2.45, 2.75) is 24.8 Å². The molecule has 1 aliphatic rings. The minimum Gasteiger partial charge on any atom is -0.480 e. The first-order valence-corrected chi connectivity index (χ1v) is 6.63. The topological polar surface area (TPSA) is 69.6 Å². The van der Waals surface area contributed by atoms with Crippen LogP contribution in [0.3, 0.4) is 0 Å². The maximum absolute atomic E-state index is 12.0. The molecule has 0 aromatic heterocycles. The summed E-state index contributed by atoms with van der Waals surface area (Å²) in [5, 5.41) is 12.0. The summed E-state index contributed by atoms with van der Waals surface area (Å²) in [7, 11) is 0. The van der Waals surface area contributed by atoms with E-state index in [4.69, 9.17) is 5.11 Å². The zero-order valence-electron chi connectivity index (χ0n) is 9.89. The predicted octanol–water partition coefficient (Wildman–Crippen LogP) is 0.527. The number of amides is 1. The number of carboxylic acids is 1. The molecular formula is C11H18N2O3S. The summed E-state index contributed by atoms with van der Waals surface area (Å²) >= 11 is 1.53. The molecule has 0 bridgehead atoms. The molecule has 17 heavy (non-hydrogen) atoms. The van der Waals surface area contributed by atoms with Gasteiger partial charge in [-0.1, -0.05) is 13.0 Å². The van der Waals surface area contributed by atoms with E-state index in [9.17, 15) is 9.59 Å². The Balaban J connectivity index is 2.64. The van der Waals surface area contributed by atoms with Crippen LogP contribution in [0.5, 0.6) is 0 Å². The molecule has 0 spiro atoms. The first kappa shape index (κ1) is 14.1. The van der Waals surface area contributed by atoms with E-state index in [-0.39, 0.29) is 17.8 Å². The smallest absolute Gasteiger partial charge is 0.327 e. The summed E-state index contributed by atoms with van der Waals surface area (Å²) in [6.45, 7) is 6.20. The van der Waals surface area contributed by atoms with E-state index in [1.54, 1.807) is 6.08 Å². The number of carboxylic acid groups (broad SMARTS) is 1. The lowest BCUT2D eigenvalue weighted by Gasteiger charge is -2.26. The molecule has 2 N–H and O–H groups in total. The van der Waals surface area contributed by atoms with Gasteiger partial charge in [0.05, 0.1) is 11.9 Å². The average Bonchev–Trinajstić information content (AvgIpc) is 2.72. The van der Waals surface area contributed by atoms with Crippen LogP contribution in [0.4, 0.5) is 0 Å². The Kier molecular flexibility index (Phi) is 5.50. The van der Waals surface area contributed by atoms with Crippen LogP contribution in [0.15, 0.2) is 12.7 Å². The van der Waals surface area contributed by atoms with Crippen LogP contribution in [-0.2, 0) is 9.59 Å². The number of rotatable bonds is 6. The van der Waals surface area contributed by atoms with Crippen molar-refractivity contribution < 1.29 is 14.7 Å². The lowest BCUT2D eigenvalue weighted by molar-refractivity contribution is -0.148. The third-order valence-corrected chi connectivity index (χ3v) is 4.03. The van der Waals surface area contributed by atoms with E-state index in [0.717, 1.165) is 6.42 Å². The molecule has 1 aliphatic heterocycles. The number of hydrogen-bond donors (Lipinski definition) is 2. The van der Waals surface area contributed by atoms with Crippen LogP contribution < -0.4 is 5.32 Å². The minimum atomic E-state index is -0.925. The van der Waals surface area contributed by atoms with Gasteiger partial charge in [0.15, 0.2) is 0 Å². The largest absolute Gasteiger partial charge is 0.480 e. The van der Waals surface area contributed by atoms with Crippen molar-refractivity contribution in [3.63, 3.8) is 0 Å². The molecule has 6 heteroatoms. The zero-order valence-corrected chi connectivity index (χ0v) is 10.7. The summed E-state index contributed by atoms with van der Waals surface area (Å²) < 4.78 is 0. The first-order valence-electron chi connectivity index (χ1n) is 5.59. The summed E-state index contributed by atoms with van der Waals surface area (Å²) in [5.74, 6) is -0.609. The molecule has 0 radical (unpaired) electrons. The monoisotopic (exact) mass is 258 g/mol. The molecule has 1 rings (SSSR count). The van der Waals surface area contributed by atoms with Crippen molar-refractivity contribution in [2.24, 2.45) is 0 Å². The normalized spacial score (nSPS) is 23.7. The van der Waals surface area contributed by atoms with Crippen molar-refractivity contribution in [3.05, 3.63) is 12.7 Å². The van der Waals surface area contributed by atoms with E-state index >= 15 is 0 Å². The number of aliphatic carboxylic acids is 1. The third-order valence-electron chi connectivity index (χ3n) is 2.58. The van der Waals surface area contributed by atoms with E-state index in [2.05, 4.69) is 11.9 Å². The van der Waals surface area contributed by atoms with Gasteiger partial charge in [-0.2, -0.15) is 0 Å². The lowest BCUT2D eigenvalue weighted by atomic mass is 10.2. The van der Waals surface area contributed by atoms with Crippen molar-refractivity contribution >= 4 is 23.6 Å². The van der Waals surface area contributed by atoms with Gasteiger partial charge in [-0.25, -0.2) is 4.79 Å². The molecule has 1 saturated heterocycles. The number of hydrogen-bond acceptors (Lipinski definition) is 4. The molecule has 2 atom stereocenters. The highest BCUT2D eigenvalue weighted by Crippen LogP contribution is 2.31. The maximum Gasteiger partial charge on any atom is 0.327 e. The Hall–Kier alpha value is -1.01. The standard InChI is InChI=1S/C11H18N2O3S/c1-3-5-12-6-9(14)13-8(11(15)16)7-17-10(13)4-2/h3,8,10,12H,1,4-7H2,2H3,(H,15,16). The minimum absolute atomic E-state index is 0.0193. The highest BCUT2D eigenvalue weighted by Gasteiger charge is 2.40. The van der Waals surface area contributed by atoms with Gasteiger partial charge < -0.3 is 15.3 Å². The van der Waals surface area contributed by atoms with Gasteiger partial charge in [-0.3, -0.25) is 4.79 Å². The number of carbonyl (C=O) groups excluding carboxylic acids is 1. The molecule has 0 aliphatic carbocycles. The molecule has 5 nitrogen and oxygen atoms in total. The molecule has 0 aromatic rings. The van der Waals surface area contributed by atoms with Crippen LogP contribution in [0, 0.1) is 0 Å². The van der Waals surface area contributed by atoms with Gasteiger partial charge in [0.2, 0.25) is 5.91 Å². The number of carbonyl (C=O) groups is 2. The Morgan fingerprint density at radius 1 is 1.65 bits per heavy atom. The number of nitrogens with zero attached hydrogens (tertiary/aromatic N) is 1. The van der Waals surface area contributed by atoms with E-state index in [1.165, 1.54) is 16.7 Å². The van der Waals surface area contributed by atoms with Crippen molar-refractivity contribution in [1.82, 2.24) is 10.2 Å². The van der Waals surface area contributed by atoms with Crippen molar-refractivity contribution in [3.8, 4) is 0 Å². The predicted molar refractivity (Wildman–Crippen MR) is 67.9 cm³/mol. The van der Waals surface area contributed by atoms with Gasteiger partial charge in [-0.15, -0.1) is 18.3 Å². The van der Waals surface area contributed by atoms with Crippen LogP contribution in [0.25, 0.3) is 0 Å². The van der Waals surface area contributed by atoms with Gasteiger partial charge in [0.1, 0.15) is 6.04 Å². The van der Waals surface area contributed by atoms with Crippen LogP contribution in [0.2, 0.25) is 0 Å². The van der Waals surface area contributed by atoms with Crippen LogP contribution in [0.1, 0.15) is 13.3 Å². The van der Waals surface area contributed by atoms with Gasteiger partial charge in [-0.05, 0) is 6.42 Å². The lowest BCUT2D eigenvalue weighted by Crippen LogP contribution is -2.48. The molecule has 2 unspecified atom stereocenters. The molecule has 1 fully saturated rings. The second-order valence-electron chi connectivity index (χ2n) is 3.77. The van der Waals surface area contributed by atoms with Crippen molar-refractivity contribution in [1.29, 1.82) is 0 Å². The van der Waals surface area contributed by atoms with Crippen molar-refractivity contribution in [2.75, 3.05) is 18.8 Å². The SMILES string of the molecule is C=CCNCC(=O)N1C(CC)SCC1C(=O)O. The number of nitrogens with one attached hydrogen (secondary N) is 1. The Labute approximate surface area is 105 Å². The molecule has 1 heterocycles. The van der Waals surface area contributed by atoms with E-state index < -0.39 is 12.0 Å². The molecule has 0 saturated carbocycles. The molecular weight excluding hydrogens is 240 g/mol. The first-order chi connectivity index (χ1) is 8.11. The second-order valence-corrected chi connectivity index (χ2v) is 4.98. The average molecular weight is 258 g/mol. The van der Waals surface area contributed by atoms with Gasteiger partial charge in [0.25, 0.3) is 0 Å². The molecule has 1 amide bonds. The Morgan fingerprint density at radius 3 is 2.88 bits per heavy atom.